The van der Waals surface area contributed by atoms with Gasteiger partial charge in [0.05, 0.1) is 5.41 Å². The lowest BCUT2D eigenvalue weighted by molar-refractivity contribution is -0.153. The van der Waals surface area contributed by atoms with Crippen LogP contribution < -0.4 is 0 Å². The zero-order valence-corrected chi connectivity index (χ0v) is 22.6. The molecule has 4 rings (SSSR count). The zero-order chi connectivity index (χ0) is 25.8. The maximum atomic E-state index is 14.1. The Morgan fingerprint density at radius 3 is 2.51 bits per heavy atom. The predicted molar refractivity (Wildman–Crippen MR) is 136 cm³/mol. The van der Waals surface area contributed by atoms with E-state index < -0.39 is 11.0 Å². The third-order valence-corrected chi connectivity index (χ3v) is 10.3. The van der Waals surface area contributed by atoms with Crippen molar-refractivity contribution >= 4 is 18.0 Å². The number of carbonyl (C=O) groups excluding carboxylic acids is 3. The topological polar surface area (TPSA) is 73.0 Å². The Hall–Kier alpha value is -1.75. The van der Waals surface area contributed by atoms with Gasteiger partial charge in [-0.2, -0.15) is 0 Å². The van der Waals surface area contributed by atoms with Crippen molar-refractivity contribution in [1.29, 1.82) is 0 Å². The number of esters is 1. The maximum absolute atomic E-state index is 14.1. The van der Waals surface area contributed by atoms with Gasteiger partial charge in [-0.3, -0.25) is 9.59 Å². The molecule has 0 amide bonds. The molecule has 3 aliphatic carbocycles. The Labute approximate surface area is 211 Å². The minimum absolute atomic E-state index is 0.0637. The molecule has 5 heteroatoms. The summed E-state index contributed by atoms with van der Waals surface area (Å²) in [6, 6.07) is 0. The van der Waals surface area contributed by atoms with Gasteiger partial charge in [0.15, 0.2) is 5.78 Å². The van der Waals surface area contributed by atoms with Crippen LogP contribution in [0.25, 0.3) is 0 Å². The fourth-order valence-electron chi connectivity index (χ4n) is 7.59. The van der Waals surface area contributed by atoms with E-state index in [4.69, 9.17) is 9.47 Å². The highest BCUT2D eigenvalue weighted by atomic mass is 16.6. The van der Waals surface area contributed by atoms with E-state index in [2.05, 4.69) is 59.8 Å². The number of hydrogen-bond acceptors (Lipinski definition) is 5. The number of ether oxygens (including phenoxy) is 2. The quantitative estimate of drug-likeness (QED) is 0.187. The summed E-state index contributed by atoms with van der Waals surface area (Å²) in [5.41, 5.74) is -0.519. The SMILES string of the molecule is CC(=O)O[C@H]1CC[C@]2(C)C(=O)C([C@@H]3CC[C@H]([C@H](C)/C=C/[C@H](C)C(C)C)[C@@]3(C)CC=O)=C[C@@H]3O[C@@]32C1. The van der Waals surface area contributed by atoms with Crippen molar-refractivity contribution in [2.24, 2.45) is 40.4 Å². The Balaban J connectivity index is 1.60. The van der Waals surface area contributed by atoms with E-state index in [1.54, 1.807) is 0 Å². The van der Waals surface area contributed by atoms with Crippen molar-refractivity contribution in [3.8, 4) is 0 Å². The molecule has 0 aromatic rings. The van der Waals surface area contributed by atoms with Crippen molar-refractivity contribution in [3.63, 3.8) is 0 Å². The highest BCUT2D eigenvalue weighted by Crippen LogP contribution is 2.66. The van der Waals surface area contributed by atoms with E-state index >= 15 is 0 Å². The molecule has 2 saturated carbocycles. The predicted octanol–water partition coefficient (Wildman–Crippen LogP) is 5.86. The van der Waals surface area contributed by atoms with E-state index in [-0.39, 0.29) is 35.3 Å². The second kappa shape index (κ2) is 9.28. The molecule has 0 aromatic carbocycles. The largest absolute Gasteiger partial charge is 0.462 e. The Bertz CT molecular complexity index is 933. The lowest BCUT2D eigenvalue weighted by Gasteiger charge is -2.46. The first-order chi connectivity index (χ1) is 16.4. The minimum atomic E-state index is -0.600. The average molecular weight is 485 g/mol. The molecular weight excluding hydrogens is 440 g/mol. The van der Waals surface area contributed by atoms with Crippen LogP contribution in [-0.4, -0.2) is 35.8 Å². The smallest absolute Gasteiger partial charge is 0.302 e. The molecule has 0 unspecified atom stereocenters. The summed E-state index contributed by atoms with van der Waals surface area (Å²) in [6.45, 7) is 14.7. The molecule has 194 valence electrons. The maximum Gasteiger partial charge on any atom is 0.302 e. The van der Waals surface area contributed by atoms with E-state index in [0.717, 1.165) is 24.7 Å². The lowest BCUT2D eigenvalue weighted by Crippen LogP contribution is -2.54. The first kappa shape index (κ1) is 26.3. The van der Waals surface area contributed by atoms with Crippen LogP contribution in [0, 0.1) is 40.4 Å². The summed E-state index contributed by atoms with van der Waals surface area (Å²) in [6.07, 6.45) is 11.8. The summed E-state index contributed by atoms with van der Waals surface area (Å²) >= 11 is 0. The standard InChI is InChI=1S/C30H44O5/c1-18(2)19(3)8-9-20(4)24-10-11-25(28(24,6)14-15-31)23-16-26-30(35-26)17-22(34-21(5)32)12-13-29(30,7)27(23)33/h8-9,15-16,18-20,22,24-26H,10-14,17H2,1-7H3/b9-8+/t19-,20+,22-,24+,25-,26-,28+,29+,30-/m0/s1. The number of allylic oxidation sites excluding steroid dienone is 3. The van der Waals surface area contributed by atoms with Crippen LogP contribution in [0.2, 0.25) is 0 Å². The normalized spacial score (nSPS) is 42.3. The van der Waals surface area contributed by atoms with Gasteiger partial charge in [0, 0.05) is 19.8 Å². The summed E-state index contributed by atoms with van der Waals surface area (Å²) in [7, 11) is 0. The molecule has 1 saturated heterocycles. The lowest BCUT2D eigenvalue weighted by atomic mass is 9.55. The van der Waals surface area contributed by atoms with E-state index in [9.17, 15) is 14.4 Å². The van der Waals surface area contributed by atoms with Crippen molar-refractivity contribution in [3.05, 3.63) is 23.8 Å². The number of Topliss-reactive ketones (excluding diaryl/α,β-unsaturated/α-hetero) is 1. The average Bonchev–Trinajstić information content (AvgIpc) is 3.38. The number of epoxide rings is 1. The van der Waals surface area contributed by atoms with Gasteiger partial charge in [0.25, 0.3) is 0 Å². The van der Waals surface area contributed by atoms with Crippen molar-refractivity contribution in [2.45, 2.75) is 105 Å². The fraction of sp³-hybridized carbons (Fsp3) is 0.767. The van der Waals surface area contributed by atoms with Crippen LogP contribution in [0.1, 0.15) is 87.0 Å². The summed E-state index contributed by atoms with van der Waals surface area (Å²) in [4.78, 5) is 37.5. The second-order valence-corrected chi connectivity index (χ2v) is 12.6. The molecule has 1 aliphatic heterocycles. The molecule has 35 heavy (non-hydrogen) atoms. The van der Waals surface area contributed by atoms with Crippen LogP contribution in [0.5, 0.6) is 0 Å². The van der Waals surface area contributed by atoms with Gasteiger partial charge in [-0.25, -0.2) is 0 Å². The fourth-order valence-corrected chi connectivity index (χ4v) is 7.59. The molecule has 5 nitrogen and oxygen atoms in total. The van der Waals surface area contributed by atoms with Gasteiger partial charge in [-0.1, -0.05) is 46.8 Å². The zero-order valence-electron chi connectivity index (χ0n) is 22.6. The molecule has 3 fully saturated rings. The van der Waals surface area contributed by atoms with Crippen LogP contribution in [0.3, 0.4) is 0 Å². The molecular formula is C30H44O5. The number of carbonyl (C=O) groups is 3. The number of aldehydes is 1. The molecule has 0 N–H and O–H groups in total. The first-order valence-electron chi connectivity index (χ1n) is 13.6. The first-order valence-corrected chi connectivity index (χ1v) is 13.6. The number of rotatable bonds is 8. The number of hydrogen-bond donors (Lipinski definition) is 0. The van der Waals surface area contributed by atoms with Crippen molar-refractivity contribution in [1.82, 2.24) is 0 Å². The van der Waals surface area contributed by atoms with E-state index in [1.807, 2.05) is 0 Å². The Kier molecular flexibility index (Phi) is 6.98. The molecule has 0 radical (unpaired) electrons. The monoisotopic (exact) mass is 484 g/mol. The van der Waals surface area contributed by atoms with Gasteiger partial charge in [0.1, 0.15) is 24.1 Å². The molecule has 1 heterocycles. The van der Waals surface area contributed by atoms with Crippen LogP contribution in [-0.2, 0) is 23.9 Å². The third-order valence-electron chi connectivity index (χ3n) is 10.3. The van der Waals surface area contributed by atoms with Crippen molar-refractivity contribution < 1.29 is 23.9 Å². The van der Waals surface area contributed by atoms with E-state index in [1.165, 1.54) is 6.92 Å². The van der Waals surface area contributed by atoms with Gasteiger partial charge in [-0.05, 0) is 79.3 Å². The highest BCUT2D eigenvalue weighted by Gasteiger charge is 2.74. The molecule has 0 bridgehead atoms. The highest BCUT2D eigenvalue weighted by molar-refractivity contribution is 6.03. The summed E-state index contributed by atoms with van der Waals surface area (Å²) in [5.74, 6) is 1.77. The van der Waals surface area contributed by atoms with Gasteiger partial charge >= 0.3 is 5.97 Å². The van der Waals surface area contributed by atoms with E-state index in [0.29, 0.717) is 49.4 Å². The molecule has 9 atom stereocenters. The van der Waals surface area contributed by atoms with Crippen LogP contribution in [0.4, 0.5) is 0 Å². The van der Waals surface area contributed by atoms with Gasteiger partial charge in [-0.15, -0.1) is 0 Å². The van der Waals surface area contributed by atoms with Gasteiger partial charge < -0.3 is 14.3 Å². The Morgan fingerprint density at radius 1 is 1.17 bits per heavy atom. The van der Waals surface area contributed by atoms with Crippen LogP contribution >= 0.6 is 0 Å². The van der Waals surface area contributed by atoms with Gasteiger partial charge in [0.2, 0.25) is 0 Å². The summed E-state index contributed by atoms with van der Waals surface area (Å²) in [5, 5.41) is 0. The minimum Gasteiger partial charge on any atom is -0.462 e. The number of ketones is 1. The molecule has 0 aromatic heterocycles. The third kappa shape index (κ3) is 4.26. The van der Waals surface area contributed by atoms with Crippen LogP contribution in [0.15, 0.2) is 23.8 Å². The molecule has 1 spiro atoms. The van der Waals surface area contributed by atoms with Crippen molar-refractivity contribution in [2.75, 3.05) is 0 Å². The second-order valence-electron chi connectivity index (χ2n) is 12.6. The summed E-state index contributed by atoms with van der Waals surface area (Å²) < 4.78 is 11.8. The Morgan fingerprint density at radius 2 is 1.89 bits per heavy atom. The molecule has 4 aliphatic rings.